The van der Waals surface area contributed by atoms with Crippen molar-refractivity contribution in [3.63, 3.8) is 0 Å². The summed E-state index contributed by atoms with van der Waals surface area (Å²) in [4.78, 5) is 48.8. The van der Waals surface area contributed by atoms with Crippen LogP contribution in [-0.4, -0.2) is 74.0 Å². The number of aliphatic carboxylic acids is 5. The fourth-order valence-electron chi connectivity index (χ4n) is 1.90. The van der Waals surface area contributed by atoms with Crippen molar-refractivity contribution in [1.82, 2.24) is 0 Å². The van der Waals surface area contributed by atoms with Gasteiger partial charge in [0, 0.05) is 30.3 Å². The van der Waals surface area contributed by atoms with Gasteiger partial charge in [-0.1, -0.05) is 36.8 Å². The lowest BCUT2D eigenvalue weighted by molar-refractivity contribution is -0.139. The summed E-state index contributed by atoms with van der Waals surface area (Å²) < 4.78 is 6.27. The molecule has 0 aliphatic carbocycles. The van der Waals surface area contributed by atoms with E-state index in [4.69, 9.17) is 39.1 Å². The first-order valence-corrected chi connectivity index (χ1v) is 10.5. The highest BCUT2D eigenvalue weighted by atomic mass is 16.4. The van der Waals surface area contributed by atoms with E-state index in [0.29, 0.717) is 37.3 Å². The van der Waals surface area contributed by atoms with Crippen LogP contribution in [0.1, 0.15) is 31.7 Å². The number of hydrogen-bond acceptors (Lipinski definition) is 9. The molecule has 36 heavy (non-hydrogen) atoms. The SMILES string of the molecule is CC(N)Cc1ccccc1.O=C(O)/C=C/C(=O)O.O=C(O)/C=C/C(=O)O.[2H]OC(=O)C(N)CCCCN. The Hall–Kier alpha value is -4.07. The fourth-order valence-corrected chi connectivity index (χ4v) is 1.90. The van der Waals surface area contributed by atoms with E-state index in [9.17, 15) is 24.0 Å². The number of nitrogens with two attached hydrogens (primary N) is 3. The van der Waals surface area contributed by atoms with E-state index in [1.54, 1.807) is 0 Å². The van der Waals surface area contributed by atoms with E-state index in [1.165, 1.54) is 5.56 Å². The third kappa shape index (κ3) is 34.5. The van der Waals surface area contributed by atoms with Crippen molar-refractivity contribution in [1.29, 1.82) is 1.43 Å². The molecule has 2 atom stereocenters. The van der Waals surface area contributed by atoms with Crippen LogP contribution in [0.3, 0.4) is 0 Å². The zero-order chi connectivity index (χ0) is 29.2. The molecule has 0 aliphatic rings. The summed E-state index contributed by atoms with van der Waals surface area (Å²) in [5.74, 6) is -5.71. The summed E-state index contributed by atoms with van der Waals surface area (Å²) in [6.45, 7) is 2.62. The minimum Gasteiger partial charge on any atom is -0.480 e. The zero-order valence-electron chi connectivity index (χ0n) is 20.9. The first-order valence-electron chi connectivity index (χ1n) is 10.9. The highest BCUT2D eigenvalue weighted by Crippen LogP contribution is 2.00. The summed E-state index contributed by atoms with van der Waals surface area (Å²) in [6.07, 6.45) is 5.39. The molecule has 1 rings (SSSR count). The zero-order valence-corrected chi connectivity index (χ0v) is 19.9. The van der Waals surface area contributed by atoms with Gasteiger partial charge in [0.25, 0.3) is 1.43 Å². The smallest absolute Gasteiger partial charge is 0.328 e. The molecule has 0 aliphatic heterocycles. The molecule has 0 saturated heterocycles. The lowest BCUT2D eigenvalue weighted by Gasteiger charge is -2.03. The predicted molar refractivity (Wildman–Crippen MR) is 131 cm³/mol. The fraction of sp³-hybridized carbons (Fsp3) is 0.348. The van der Waals surface area contributed by atoms with Crippen molar-refractivity contribution in [2.45, 2.75) is 44.7 Å². The highest BCUT2D eigenvalue weighted by Gasteiger charge is 2.09. The number of carboxylic acid groups (broad SMARTS) is 5. The second-order valence-corrected chi connectivity index (χ2v) is 6.90. The molecule has 0 fully saturated rings. The van der Waals surface area contributed by atoms with Gasteiger partial charge in [-0.25, -0.2) is 19.2 Å². The Morgan fingerprint density at radius 3 is 1.56 bits per heavy atom. The van der Waals surface area contributed by atoms with E-state index in [2.05, 4.69) is 17.2 Å². The topological polar surface area (TPSA) is 265 Å². The van der Waals surface area contributed by atoms with Gasteiger partial charge in [0.1, 0.15) is 6.04 Å². The summed E-state index contributed by atoms with van der Waals surface area (Å²) in [6, 6.07) is 9.90. The molecule has 1 aromatic rings. The third-order valence-electron chi connectivity index (χ3n) is 3.41. The summed E-state index contributed by atoms with van der Waals surface area (Å²) in [5.41, 5.74) is 17.5. The van der Waals surface area contributed by atoms with Crippen molar-refractivity contribution in [3.05, 3.63) is 60.2 Å². The van der Waals surface area contributed by atoms with Gasteiger partial charge in [-0.05, 0) is 38.3 Å². The van der Waals surface area contributed by atoms with Gasteiger partial charge in [0.15, 0.2) is 0 Å². The van der Waals surface area contributed by atoms with Gasteiger partial charge in [0.05, 0.1) is 0 Å². The molecule has 0 spiro atoms. The van der Waals surface area contributed by atoms with Crippen LogP contribution in [0.15, 0.2) is 54.6 Å². The Morgan fingerprint density at radius 2 is 1.25 bits per heavy atom. The van der Waals surface area contributed by atoms with Crippen molar-refractivity contribution >= 4 is 29.8 Å². The number of unbranched alkanes of at least 4 members (excludes halogenated alkanes) is 1. The van der Waals surface area contributed by atoms with Crippen molar-refractivity contribution in [3.8, 4) is 0 Å². The normalized spacial score (nSPS) is 11.7. The summed E-state index contributed by atoms with van der Waals surface area (Å²) >= 11 is 0. The molecule has 13 nitrogen and oxygen atoms in total. The van der Waals surface area contributed by atoms with Gasteiger partial charge >= 0.3 is 29.8 Å². The molecule has 0 heterocycles. The van der Waals surface area contributed by atoms with E-state index in [1.807, 2.05) is 25.1 Å². The van der Waals surface area contributed by atoms with E-state index in [0.717, 1.165) is 19.3 Å². The van der Waals surface area contributed by atoms with Crippen LogP contribution in [-0.2, 0) is 30.4 Å². The lowest BCUT2D eigenvalue weighted by Crippen LogP contribution is -2.29. The molecule has 13 heteroatoms. The lowest BCUT2D eigenvalue weighted by atomic mass is 10.1. The molecule has 11 N–H and O–H groups in total. The number of carbonyl (C=O) groups is 5. The number of carboxylic acids is 5. The van der Waals surface area contributed by atoms with E-state index >= 15 is 0 Å². The molecule has 0 radical (unpaired) electrons. The molecule has 0 amide bonds. The second-order valence-electron chi connectivity index (χ2n) is 6.90. The average molecular weight is 515 g/mol. The Labute approximate surface area is 210 Å². The first kappa shape index (κ1) is 34.1. The van der Waals surface area contributed by atoms with Crippen LogP contribution in [0.5, 0.6) is 0 Å². The van der Waals surface area contributed by atoms with Crippen molar-refractivity contribution < 1.29 is 49.5 Å². The molecular formula is C23H35N3O10. The Kier molecular flexibility index (Phi) is 22.8. The molecular weight excluding hydrogens is 478 g/mol. The monoisotopic (exact) mass is 514 g/mol. The maximum absolute atomic E-state index is 10.5. The largest absolute Gasteiger partial charge is 0.480 e. The standard InChI is InChI=1S/C9H13N.C6H14N2O2.2C4H4O4/c1-8(10)7-9-5-3-2-4-6-9;7-4-2-1-3-5(8)6(9)10;2*5-3(6)1-2-4(7)8/h2-6,8H,7,10H2,1H3;5H,1-4,7-8H2,(H,9,10);2*1-2H,(H,5,6)(H,7,8)/b;;2*2-1+/i/hD. The molecule has 0 bridgehead atoms. The predicted octanol–water partition coefficient (Wildman–Crippen LogP) is 0.527. The molecule has 202 valence electrons. The van der Waals surface area contributed by atoms with Crippen LogP contribution < -0.4 is 17.2 Å². The molecule has 0 saturated carbocycles. The number of benzene rings is 1. The maximum atomic E-state index is 10.5. The Balaban J connectivity index is -0.000000421. The van der Waals surface area contributed by atoms with Crippen LogP contribution in [0, 0.1) is 0 Å². The number of hydrogen-bond donors (Lipinski definition) is 8. The van der Waals surface area contributed by atoms with Crippen LogP contribution in [0.4, 0.5) is 0 Å². The van der Waals surface area contributed by atoms with Crippen LogP contribution in [0.2, 0.25) is 0 Å². The molecule has 1 aromatic carbocycles. The van der Waals surface area contributed by atoms with Gasteiger partial charge in [-0.3, -0.25) is 4.79 Å². The quantitative estimate of drug-likeness (QED) is 0.148. The van der Waals surface area contributed by atoms with E-state index in [-0.39, 0.29) is 6.04 Å². The van der Waals surface area contributed by atoms with Crippen LogP contribution >= 0.6 is 0 Å². The van der Waals surface area contributed by atoms with Gasteiger partial charge in [-0.2, -0.15) is 0 Å². The van der Waals surface area contributed by atoms with Crippen molar-refractivity contribution in [2.24, 2.45) is 17.2 Å². The van der Waals surface area contributed by atoms with Gasteiger partial charge in [-0.15, -0.1) is 0 Å². The van der Waals surface area contributed by atoms with Gasteiger partial charge < -0.3 is 42.7 Å². The summed E-state index contributed by atoms with van der Waals surface area (Å²) in [7, 11) is 0. The Morgan fingerprint density at radius 1 is 0.833 bits per heavy atom. The average Bonchev–Trinajstić information content (AvgIpc) is 2.82. The van der Waals surface area contributed by atoms with E-state index < -0.39 is 35.9 Å². The summed E-state index contributed by atoms with van der Waals surface area (Å²) in [5, 5.41) is 34.9. The third-order valence-corrected chi connectivity index (χ3v) is 3.41. The first-order chi connectivity index (χ1) is 17.3. The van der Waals surface area contributed by atoms with Crippen molar-refractivity contribution in [2.75, 3.05) is 6.54 Å². The maximum Gasteiger partial charge on any atom is 0.328 e. The molecule has 2 unspecified atom stereocenters. The minimum absolute atomic E-state index is 0.266. The number of rotatable bonds is 11. The van der Waals surface area contributed by atoms with Gasteiger partial charge in [0.2, 0.25) is 0 Å². The minimum atomic E-state index is -1.26. The Bertz CT molecular complexity index is 796. The second kappa shape index (κ2) is 24.1. The highest BCUT2D eigenvalue weighted by molar-refractivity contribution is 5.90. The molecule has 0 aromatic heterocycles. The van der Waals surface area contributed by atoms with Crippen LogP contribution in [0.25, 0.3) is 1.43 Å².